The van der Waals surface area contributed by atoms with E-state index < -0.39 is 0 Å². The third-order valence-electron chi connectivity index (χ3n) is 4.33. The van der Waals surface area contributed by atoms with Crippen molar-refractivity contribution in [2.45, 2.75) is 38.5 Å². The number of thiazole rings is 1. The van der Waals surface area contributed by atoms with E-state index in [1.165, 1.54) is 55.6 Å². The van der Waals surface area contributed by atoms with Gasteiger partial charge in [-0.2, -0.15) is 0 Å². The predicted octanol–water partition coefficient (Wildman–Crippen LogP) is 4.28. The van der Waals surface area contributed by atoms with Crippen LogP contribution in [0.1, 0.15) is 44.1 Å². The molecule has 1 aromatic heterocycles. The first-order valence-corrected chi connectivity index (χ1v) is 8.30. The van der Waals surface area contributed by atoms with Gasteiger partial charge in [-0.15, -0.1) is 11.3 Å². The van der Waals surface area contributed by atoms with Gasteiger partial charge in [0.1, 0.15) is 0 Å². The second kappa shape index (κ2) is 6.02. The van der Waals surface area contributed by atoms with Crippen LogP contribution in [0.2, 0.25) is 0 Å². The molecule has 0 spiro atoms. The van der Waals surface area contributed by atoms with Crippen LogP contribution in [-0.4, -0.2) is 29.5 Å². The summed E-state index contributed by atoms with van der Waals surface area (Å²) in [6.45, 7) is 6.03. The Bertz CT molecular complexity index is 524. The Labute approximate surface area is 119 Å². The van der Waals surface area contributed by atoms with Crippen LogP contribution in [0, 0.1) is 0 Å². The first kappa shape index (κ1) is 13.1. The highest BCUT2D eigenvalue weighted by Crippen LogP contribution is 2.31. The number of rotatable bonds is 2. The van der Waals surface area contributed by atoms with Gasteiger partial charge in [-0.05, 0) is 68.9 Å². The lowest BCUT2D eigenvalue weighted by molar-refractivity contribution is 0.251. The van der Waals surface area contributed by atoms with Gasteiger partial charge in [0, 0.05) is 0 Å². The zero-order valence-electron chi connectivity index (χ0n) is 11.6. The molecule has 0 atom stereocenters. The van der Waals surface area contributed by atoms with Crippen LogP contribution < -0.4 is 0 Å². The lowest BCUT2D eigenvalue weighted by atomic mass is 9.88. The predicted molar refractivity (Wildman–Crippen MR) is 82.9 cm³/mol. The molecule has 0 amide bonds. The fourth-order valence-corrected chi connectivity index (χ4v) is 3.88. The van der Waals surface area contributed by atoms with Crippen LogP contribution in [0.25, 0.3) is 10.2 Å². The van der Waals surface area contributed by atoms with Gasteiger partial charge in [0.2, 0.25) is 0 Å². The van der Waals surface area contributed by atoms with Crippen LogP contribution >= 0.6 is 11.3 Å². The molecule has 0 bridgehead atoms. The van der Waals surface area contributed by atoms with Crippen molar-refractivity contribution in [2.24, 2.45) is 0 Å². The summed E-state index contributed by atoms with van der Waals surface area (Å²) in [5.41, 5.74) is 4.63. The lowest BCUT2D eigenvalue weighted by Crippen LogP contribution is -2.28. The highest BCUT2D eigenvalue weighted by Gasteiger charge is 2.16. The van der Waals surface area contributed by atoms with E-state index in [0.29, 0.717) is 0 Å². The summed E-state index contributed by atoms with van der Waals surface area (Å²) in [5.74, 6) is 0.755. The van der Waals surface area contributed by atoms with Crippen molar-refractivity contribution in [3.63, 3.8) is 0 Å². The van der Waals surface area contributed by atoms with Crippen LogP contribution in [0.15, 0.2) is 23.7 Å². The summed E-state index contributed by atoms with van der Waals surface area (Å²) in [6, 6.07) is 6.86. The topological polar surface area (TPSA) is 16.1 Å². The van der Waals surface area contributed by atoms with Gasteiger partial charge < -0.3 is 4.90 Å². The molecule has 0 radical (unpaired) electrons. The van der Waals surface area contributed by atoms with Crippen LogP contribution in [0.4, 0.5) is 0 Å². The number of hydrogen-bond donors (Lipinski definition) is 0. The Balaban J connectivity index is 1.73. The molecule has 0 unspecified atom stereocenters. The molecule has 0 aliphatic carbocycles. The first-order chi connectivity index (χ1) is 9.36. The van der Waals surface area contributed by atoms with E-state index in [1.807, 2.05) is 5.51 Å². The Morgan fingerprint density at radius 1 is 1.26 bits per heavy atom. The molecular weight excluding hydrogens is 252 g/mol. The standard InChI is InChI=1S/C16H22N2S/c1-2-18-9-3-5-13(6-4-10-18)14-7-8-15-16(11-14)19-12-17-15/h7-8,11-13H,2-6,9-10H2,1H3. The van der Waals surface area contributed by atoms with Crippen molar-refractivity contribution in [1.82, 2.24) is 9.88 Å². The molecule has 0 N–H and O–H groups in total. The third-order valence-corrected chi connectivity index (χ3v) is 5.12. The molecule has 1 aliphatic rings. The maximum absolute atomic E-state index is 4.37. The molecule has 2 aromatic rings. The zero-order valence-corrected chi connectivity index (χ0v) is 12.5. The van der Waals surface area contributed by atoms with E-state index in [-0.39, 0.29) is 0 Å². The number of benzene rings is 1. The molecule has 1 aromatic carbocycles. The summed E-state index contributed by atoms with van der Waals surface area (Å²) in [4.78, 5) is 6.96. The maximum Gasteiger partial charge on any atom is 0.0812 e. The van der Waals surface area contributed by atoms with Crippen molar-refractivity contribution in [1.29, 1.82) is 0 Å². The van der Waals surface area contributed by atoms with Gasteiger partial charge >= 0.3 is 0 Å². The Morgan fingerprint density at radius 2 is 2.05 bits per heavy atom. The van der Waals surface area contributed by atoms with Gasteiger partial charge in [-0.1, -0.05) is 13.0 Å². The molecule has 2 nitrogen and oxygen atoms in total. The van der Waals surface area contributed by atoms with Crippen molar-refractivity contribution in [3.8, 4) is 0 Å². The highest BCUT2D eigenvalue weighted by atomic mass is 32.1. The number of likely N-dealkylation sites (tertiary alicyclic amines) is 1. The van der Waals surface area contributed by atoms with Crippen molar-refractivity contribution in [2.75, 3.05) is 19.6 Å². The molecule has 3 rings (SSSR count). The number of aromatic nitrogens is 1. The minimum atomic E-state index is 0.755. The summed E-state index contributed by atoms with van der Waals surface area (Å²) >= 11 is 1.76. The Kier molecular flexibility index (Phi) is 4.14. The van der Waals surface area contributed by atoms with E-state index >= 15 is 0 Å². The van der Waals surface area contributed by atoms with Gasteiger partial charge in [-0.25, -0.2) is 4.98 Å². The quantitative estimate of drug-likeness (QED) is 0.812. The average molecular weight is 274 g/mol. The second-order valence-electron chi connectivity index (χ2n) is 5.50. The van der Waals surface area contributed by atoms with E-state index in [4.69, 9.17) is 0 Å². The number of fused-ring (bicyclic) bond motifs is 1. The summed E-state index contributed by atoms with van der Waals surface area (Å²) in [6.07, 6.45) is 5.33. The van der Waals surface area contributed by atoms with Crippen LogP contribution in [0.5, 0.6) is 0 Å². The largest absolute Gasteiger partial charge is 0.304 e. The van der Waals surface area contributed by atoms with Crippen LogP contribution in [0.3, 0.4) is 0 Å². The Hall–Kier alpha value is -0.930. The molecule has 102 valence electrons. The molecule has 1 saturated heterocycles. The molecule has 19 heavy (non-hydrogen) atoms. The monoisotopic (exact) mass is 274 g/mol. The molecule has 1 fully saturated rings. The van der Waals surface area contributed by atoms with Gasteiger partial charge in [-0.3, -0.25) is 0 Å². The minimum Gasteiger partial charge on any atom is -0.304 e. The van der Waals surface area contributed by atoms with E-state index in [1.54, 1.807) is 11.3 Å². The molecule has 2 heterocycles. The molecule has 0 saturated carbocycles. The van der Waals surface area contributed by atoms with Crippen molar-refractivity contribution < 1.29 is 0 Å². The van der Waals surface area contributed by atoms with Gasteiger partial charge in [0.15, 0.2) is 0 Å². The Morgan fingerprint density at radius 3 is 2.79 bits per heavy atom. The summed E-state index contributed by atoms with van der Waals surface area (Å²) < 4.78 is 1.34. The van der Waals surface area contributed by atoms with E-state index in [2.05, 4.69) is 35.0 Å². The minimum absolute atomic E-state index is 0.755. The average Bonchev–Trinajstić information content (AvgIpc) is 2.86. The van der Waals surface area contributed by atoms with Gasteiger partial charge in [0.05, 0.1) is 15.7 Å². The van der Waals surface area contributed by atoms with E-state index in [9.17, 15) is 0 Å². The molecule has 1 aliphatic heterocycles. The SMILES string of the molecule is CCN1CCCC(c2ccc3ncsc3c2)CCC1. The lowest BCUT2D eigenvalue weighted by Gasteiger charge is -2.27. The number of nitrogens with zero attached hydrogens (tertiary/aromatic N) is 2. The van der Waals surface area contributed by atoms with Gasteiger partial charge in [0.25, 0.3) is 0 Å². The third kappa shape index (κ3) is 2.98. The van der Waals surface area contributed by atoms with Crippen LogP contribution in [-0.2, 0) is 0 Å². The zero-order chi connectivity index (χ0) is 13.1. The highest BCUT2D eigenvalue weighted by molar-refractivity contribution is 7.16. The summed E-state index contributed by atoms with van der Waals surface area (Å²) in [5, 5.41) is 0. The normalized spacial score (nSPS) is 19.4. The number of hydrogen-bond acceptors (Lipinski definition) is 3. The molecule has 3 heteroatoms. The summed E-state index contributed by atoms with van der Waals surface area (Å²) in [7, 11) is 0. The fraction of sp³-hybridized carbons (Fsp3) is 0.562. The first-order valence-electron chi connectivity index (χ1n) is 7.42. The van der Waals surface area contributed by atoms with Crippen molar-refractivity contribution in [3.05, 3.63) is 29.3 Å². The smallest absolute Gasteiger partial charge is 0.0812 e. The second-order valence-corrected chi connectivity index (χ2v) is 6.38. The van der Waals surface area contributed by atoms with Crippen molar-refractivity contribution >= 4 is 21.6 Å². The maximum atomic E-state index is 4.37. The molecular formula is C16H22N2S. The fourth-order valence-electron chi connectivity index (χ4n) is 3.15. The van der Waals surface area contributed by atoms with E-state index in [0.717, 1.165) is 11.4 Å².